The Morgan fingerprint density at radius 1 is 0.281 bits per heavy atom. The van der Waals surface area contributed by atoms with Crippen molar-refractivity contribution >= 4 is 60.9 Å². The van der Waals surface area contributed by atoms with E-state index in [9.17, 15) is 0 Å². The number of benzene rings is 9. The lowest BCUT2D eigenvalue weighted by Crippen LogP contribution is -2.10. The smallest absolute Gasteiger partial charge is 0.159 e. The highest BCUT2D eigenvalue weighted by atomic mass is 16.3. The molecule has 2 heterocycles. The molecule has 0 amide bonds. The average molecular weight is 730 g/mol. The van der Waals surface area contributed by atoms with Crippen molar-refractivity contribution in [2.45, 2.75) is 0 Å². The molecule has 57 heavy (non-hydrogen) atoms. The fraction of sp³-hybridized carbons (Fsp3) is 0. The topological polar surface area (TPSA) is 29.5 Å². The van der Waals surface area contributed by atoms with E-state index in [1.165, 1.54) is 27.8 Å². The van der Waals surface area contributed by atoms with Crippen molar-refractivity contribution in [1.29, 1.82) is 0 Å². The lowest BCUT2D eigenvalue weighted by atomic mass is 10.00. The van der Waals surface area contributed by atoms with Crippen molar-refractivity contribution in [3.05, 3.63) is 212 Å². The molecule has 0 aliphatic rings. The fourth-order valence-electron chi connectivity index (χ4n) is 8.24. The Morgan fingerprint density at radius 2 is 0.667 bits per heavy atom. The monoisotopic (exact) mass is 729 g/mol. The van der Waals surface area contributed by atoms with Crippen molar-refractivity contribution < 1.29 is 8.83 Å². The Hall–Kier alpha value is -7.62. The summed E-state index contributed by atoms with van der Waals surface area (Å²) >= 11 is 0. The molecule has 9 aromatic carbocycles. The highest BCUT2D eigenvalue weighted by molar-refractivity contribution is 6.18. The standard InChI is InChI=1S/C54H35NO2/c1-4-12-36(13-5-1)38-22-24-39(25-23-38)41-28-32-44(33-29-41)55(43-30-26-40(27-31-43)37-14-6-2-7-15-37)50-21-11-20-47-49-35-51-48(34-52(49)57-54(47)50)46-19-10-18-45(53(46)56-51)42-16-8-3-9-17-42/h1-35H. The molecule has 0 atom stereocenters. The second-order valence-corrected chi connectivity index (χ2v) is 14.5. The highest BCUT2D eigenvalue weighted by Crippen LogP contribution is 2.45. The van der Waals surface area contributed by atoms with Crippen LogP contribution in [-0.2, 0) is 0 Å². The lowest BCUT2D eigenvalue weighted by Gasteiger charge is -2.26. The Bertz CT molecular complexity index is 3180. The number of furan rings is 2. The highest BCUT2D eigenvalue weighted by Gasteiger charge is 2.21. The third-order valence-corrected chi connectivity index (χ3v) is 11.1. The number of anilines is 3. The van der Waals surface area contributed by atoms with Gasteiger partial charge in [0.1, 0.15) is 16.7 Å². The normalized spacial score (nSPS) is 11.5. The number of hydrogen-bond donors (Lipinski definition) is 0. The second-order valence-electron chi connectivity index (χ2n) is 14.5. The zero-order chi connectivity index (χ0) is 37.7. The maximum atomic E-state index is 6.90. The van der Waals surface area contributed by atoms with Gasteiger partial charge in [-0.05, 0) is 81.4 Å². The molecule has 3 nitrogen and oxygen atoms in total. The van der Waals surface area contributed by atoms with Gasteiger partial charge >= 0.3 is 0 Å². The molecule has 2 aromatic heterocycles. The zero-order valence-electron chi connectivity index (χ0n) is 31.0. The third-order valence-electron chi connectivity index (χ3n) is 11.1. The van der Waals surface area contributed by atoms with E-state index in [0.29, 0.717) is 0 Å². The summed E-state index contributed by atoms with van der Waals surface area (Å²) in [5.41, 5.74) is 15.7. The van der Waals surface area contributed by atoms with Crippen LogP contribution in [0, 0.1) is 0 Å². The summed E-state index contributed by atoms with van der Waals surface area (Å²) in [5, 5.41) is 4.17. The third kappa shape index (κ3) is 5.76. The van der Waals surface area contributed by atoms with Gasteiger partial charge in [-0.25, -0.2) is 0 Å². The van der Waals surface area contributed by atoms with Gasteiger partial charge in [0.2, 0.25) is 0 Å². The Kier molecular flexibility index (Phi) is 7.82. The van der Waals surface area contributed by atoms with Gasteiger partial charge in [0.05, 0.1) is 5.69 Å². The number of fused-ring (bicyclic) bond motifs is 6. The van der Waals surface area contributed by atoms with Gasteiger partial charge in [0.15, 0.2) is 5.58 Å². The molecule has 0 bridgehead atoms. The van der Waals surface area contributed by atoms with Gasteiger partial charge < -0.3 is 13.7 Å². The van der Waals surface area contributed by atoms with Crippen molar-refractivity contribution in [2.24, 2.45) is 0 Å². The average Bonchev–Trinajstić information content (AvgIpc) is 3.85. The summed E-state index contributed by atoms with van der Waals surface area (Å²) in [6, 6.07) is 74.9. The molecule has 0 fully saturated rings. The molecule has 268 valence electrons. The van der Waals surface area contributed by atoms with E-state index in [4.69, 9.17) is 8.83 Å². The summed E-state index contributed by atoms with van der Waals surface area (Å²) in [6.45, 7) is 0. The van der Waals surface area contributed by atoms with E-state index >= 15 is 0 Å². The van der Waals surface area contributed by atoms with E-state index in [1.807, 2.05) is 6.07 Å². The number of nitrogens with zero attached hydrogens (tertiary/aromatic N) is 1. The van der Waals surface area contributed by atoms with Crippen LogP contribution in [0.5, 0.6) is 0 Å². The van der Waals surface area contributed by atoms with Crippen LogP contribution in [0.1, 0.15) is 0 Å². The number of para-hydroxylation sites is 2. The van der Waals surface area contributed by atoms with E-state index in [1.54, 1.807) is 0 Å². The zero-order valence-corrected chi connectivity index (χ0v) is 31.0. The van der Waals surface area contributed by atoms with Gasteiger partial charge in [-0.1, -0.05) is 170 Å². The van der Waals surface area contributed by atoms with Gasteiger partial charge in [-0.15, -0.1) is 0 Å². The van der Waals surface area contributed by atoms with Gasteiger partial charge in [-0.2, -0.15) is 0 Å². The summed E-state index contributed by atoms with van der Waals surface area (Å²) in [6.07, 6.45) is 0. The van der Waals surface area contributed by atoms with Crippen LogP contribution >= 0.6 is 0 Å². The predicted molar refractivity (Wildman–Crippen MR) is 237 cm³/mol. The van der Waals surface area contributed by atoms with Crippen LogP contribution in [0.15, 0.2) is 221 Å². The minimum absolute atomic E-state index is 0.821. The van der Waals surface area contributed by atoms with E-state index < -0.39 is 0 Å². The van der Waals surface area contributed by atoms with Crippen molar-refractivity contribution in [2.75, 3.05) is 4.90 Å². The predicted octanol–water partition coefficient (Wildman–Crippen LogP) is 15.6. The van der Waals surface area contributed by atoms with Crippen molar-refractivity contribution in [1.82, 2.24) is 0 Å². The van der Waals surface area contributed by atoms with Gasteiger partial charge in [0, 0.05) is 38.5 Å². The van der Waals surface area contributed by atoms with Crippen molar-refractivity contribution in [3.63, 3.8) is 0 Å². The van der Waals surface area contributed by atoms with Crippen LogP contribution in [0.25, 0.3) is 88.4 Å². The molecular weight excluding hydrogens is 695 g/mol. The van der Waals surface area contributed by atoms with Crippen LogP contribution in [0.2, 0.25) is 0 Å². The molecular formula is C54H35NO2. The summed E-state index contributed by atoms with van der Waals surface area (Å²) in [4.78, 5) is 2.30. The molecule has 0 N–H and O–H groups in total. The Labute approximate surface area is 330 Å². The van der Waals surface area contributed by atoms with Crippen LogP contribution < -0.4 is 4.90 Å². The quantitative estimate of drug-likeness (QED) is 0.164. The van der Waals surface area contributed by atoms with E-state index in [0.717, 1.165) is 77.6 Å². The lowest BCUT2D eigenvalue weighted by molar-refractivity contribution is 0.664. The summed E-state index contributed by atoms with van der Waals surface area (Å²) in [7, 11) is 0. The molecule has 0 radical (unpaired) electrons. The second kappa shape index (κ2) is 13.6. The van der Waals surface area contributed by atoms with Gasteiger partial charge in [0.25, 0.3) is 0 Å². The number of hydrogen-bond acceptors (Lipinski definition) is 3. The number of rotatable bonds is 7. The molecule has 0 spiro atoms. The van der Waals surface area contributed by atoms with Crippen molar-refractivity contribution in [3.8, 4) is 44.5 Å². The molecule has 0 unspecified atom stereocenters. The Balaban J connectivity index is 1.03. The minimum atomic E-state index is 0.821. The summed E-state index contributed by atoms with van der Waals surface area (Å²) < 4.78 is 13.6. The molecule has 0 aliphatic carbocycles. The first-order chi connectivity index (χ1) is 28.2. The first kappa shape index (κ1) is 32.8. The minimum Gasteiger partial charge on any atom is -0.455 e. The first-order valence-corrected chi connectivity index (χ1v) is 19.3. The molecule has 3 heteroatoms. The Morgan fingerprint density at radius 3 is 1.16 bits per heavy atom. The van der Waals surface area contributed by atoms with Crippen LogP contribution in [-0.4, -0.2) is 0 Å². The molecule has 0 saturated heterocycles. The first-order valence-electron chi connectivity index (χ1n) is 19.3. The van der Waals surface area contributed by atoms with E-state index in [2.05, 4.69) is 211 Å². The largest absolute Gasteiger partial charge is 0.455 e. The molecule has 0 aliphatic heterocycles. The maximum absolute atomic E-state index is 6.90. The molecule has 0 saturated carbocycles. The SMILES string of the molecule is c1ccc(-c2ccc(-c3ccc(N(c4ccc(-c5ccccc5)cc4)c4cccc5c4oc4cc6c(cc45)oc4c(-c5ccccc5)cccc46)cc3)cc2)cc1. The van der Waals surface area contributed by atoms with Crippen LogP contribution in [0.4, 0.5) is 17.1 Å². The summed E-state index contributed by atoms with van der Waals surface area (Å²) in [5.74, 6) is 0. The molecule has 11 aromatic rings. The van der Waals surface area contributed by atoms with E-state index in [-0.39, 0.29) is 0 Å². The van der Waals surface area contributed by atoms with Crippen LogP contribution in [0.3, 0.4) is 0 Å². The van der Waals surface area contributed by atoms with Gasteiger partial charge in [-0.3, -0.25) is 0 Å². The maximum Gasteiger partial charge on any atom is 0.159 e. The molecule has 11 rings (SSSR count). The fourth-order valence-corrected chi connectivity index (χ4v) is 8.24.